The number of pyridine rings is 1. The minimum Gasteiger partial charge on any atom is -0.325 e. The summed E-state index contributed by atoms with van der Waals surface area (Å²) in [5, 5.41) is 8.66. The summed E-state index contributed by atoms with van der Waals surface area (Å²) >= 11 is 1.68. The topological polar surface area (TPSA) is 62.7 Å². The number of alkyl halides is 2. The summed E-state index contributed by atoms with van der Waals surface area (Å²) < 4.78 is 25.1. The fourth-order valence-corrected chi connectivity index (χ4v) is 1.81. The van der Waals surface area contributed by atoms with Crippen molar-refractivity contribution in [3.05, 3.63) is 26.6 Å². The Morgan fingerprint density at radius 1 is 1.64 bits per heavy atom. The first-order chi connectivity index (χ1) is 6.60. The molecule has 0 saturated carbocycles. The van der Waals surface area contributed by atoms with Crippen LogP contribution in [0.25, 0.3) is 0 Å². The Bertz CT molecular complexity index is 387. The molecule has 74 valence electrons. The van der Waals surface area contributed by atoms with Gasteiger partial charge in [-0.05, 0) is 28.7 Å². The zero-order valence-electron chi connectivity index (χ0n) is 6.97. The van der Waals surface area contributed by atoms with Gasteiger partial charge in [-0.25, -0.2) is 13.8 Å². The third-order valence-corrected chi connectivity index (χ3v) is 2.44. The highest BCUT2D eigenvalue weighted by atomic mass is 127. The Balaban J connectivity index is 3.37. The minimum absolute atomic E-state index is 0.0557. The Morgan fingerprint density at radius 2 is 2.29 bits per heavy atom. The highest BCUT2D eigenvalue weighted by Crippen LogP contribution is 2.26. The van der Waals surface area contributed by atoms with E-state index in [1.54, 1.807) is 28.7 Å². The molecule has 0 aliphatic heterocycles. The summed E-state index contributed by atoms with van der Waals surface area (Å²) in [6.45, 7) is 0.133. The van der Waals surface area contributed by atoms with Gasteiger partial charge in [-0.2, -0.15) is 5.26 Å². The fourth-order valence-electron chi connectivity index (χ4n) is 0.979. The van der Waals surface area contributed by atoms with Gasteiger partial charge in [0, 0.05) is 6.54 Å². The second kappa shape index (κ2) is 4.61. The van der Waals surface area contributed by atoms with E-state index in [2.05, 4.69) is 4.98 Å². The van der Waals surface area contributed by atoms with Crippen molar-refractivity contribution in [2.75, 3.05) is 0 Å². The second-order valence-electron chi connectivity index (χ2n) is 2.48. The number of hydrogen-bond donors (Lipinski definition) is 1. The van der Waals surface area contributed by atoms with Gasteiger partial charge in [0.15, 0.2) is 0 Å². The van der Waals surface area contributed by atoms with Crippen LogP contribution in [0.5, 0.6) is 0 Å². The van der Waals surface area contributed by atoms with Crippen LogP contribution in [0.1, 0.15) is 23.2 Å². The van der Waals surface area contributed by atoms with Crippen LogP contribution in [-0.4, -0.2) is 4.98 Å². The summed E-state index contributed by atoms with van der Waals surface area (Å²) in [5.74, 6) is 0. The molecular formula is C8H6F2IN3. The van der Waals surface area contributed by atoms with Gasteiger partial charge in [-0.15, -0.1) is 0 Å². The van der Waals surface area contributed by atoms with Gasteiger partial charge >= 0.3 is 0 Å². The standard InChI is InChI=1S/C8H6F2IN3/c9-7(10)6-4(2-12)1-5(3-13)14-8(6)11/h1,7H,3,13H2. The molecule has 0 radical (unpaired) electrons. The third-order valence-electron chi connectivity index (χ3n) is 1.61. The van der Waals surface area contributed by atoms with E-state index in [4.69, 9.17) is 11.0 Å². The average molecular weight is 309 g/mol. The van der Waals surface area contributed by atoms with Crippen LogP contribution in [0.4, 0.5) is 8.78 Å². The van der Waals surface area contributed by atoms with Crippen molar-refractivity contribution >= 4 is 22.6 Å². The van der Waals surface area contributed by atoms with Crippen molar-refractivity contribution in [2.45, 2.75) is 13.0 Å². The van der Waals surface area contributed by atoms with Crippen molar-refractivity contribution in [1.82, 2.24) is 4.98 Å². The molecular weight excluding hydrogens is 303 g/mol. The van der Waals surface area contributed by atoms with Crippen molar-refractivity contribution in [1.29, 1.82) is 5.26 Å². The van der Waals surface area contributed by atoms with Crippen LogP contribution < -0.4 is 5.73 Å². The van der Waals surface area contributed by atoms with Gasteiger partial charge in [0.05, 0.1) is 22.9 Å². The van der Waals surface area contributed by atoms with Gasteiger partial charge in [0.1, 0.15) is 3.70 Å². The molecule has 0 atom stereocenters. The lowest BCUT2D eigenvalue weighted by Crippen LogP contribution is -2.05. The number of halogens is 3. The summed E-state index contributed by atoms with van der Waals surface area (Å²) in [5.41, 5.74) is 5.38. The van der Waals surface area contributed by atoms with Crippen molar-refractivity contribution in [3.63, 3.8) is 0 Å². The molecule has 6 heteroatoms. The molecule has 0 amide bonds. The van der Waals surface area contributed by atoms with E-state index >= 15 is 0 Å². The van der Waals surface area contributed by atoms with Crippen molar-refractivity contribution in [3.8, 4) is 6.07 Å². The summed E-state index contributed by atoms with van der Waals surface area (Å²) in [4.78, 5) is 3.85. The molecule has 0 bridgehead atoms. The maximum atomic E-state index is 12.5. The van der Waals surface area contributed by atoms with Crippen LogP contribution >= 0.6 is 22.6 Å². The highest BCUT2D eigenvalue weighted by molar-refractivity contribution is 14.1. The quantitative estimate of drug-likeness (QED) is 0.671. The zero-order chi connectivity index (χ0) is 10.7. The largest absolute Gasteiger partial charge is 0.325 e. The molecule has 0 saturated heterocycles. The molecule has 0 spiro atoms. The third kappa shape index (κ3) is 2.16. The molecule has 0 aliphatic rings. The molecule has 1 aromatic rings. The lowest BCUT2D eigenvalue weighted by molar-refractivity contribution is 0.149. The predicted octanol–water partition coefficient (Wildman–Crippen LogP) is 1.95. The van der Waals surface area contributed by atoms with E-state index in [-0.39, 0.29) is 21.4 Å². The summed E-state index contributed by atoms with van der Waals surface area (Å²) in [6.07, 6.45) is -2.68. The highest BCUT2D eigenvalue weighted by Gasteiger charge is 2.18. The monoisotopic (exact) mass is 309 g/mol. The van der Waals surface area contributed by atoms with Crippen LogP contribution in [0.2, 0.25) is 0 Å². The van der Waals surface area contributed by atoms with E-state index in [1.165, 1.54) is 6.07 Å². The van der Waals surface area contributed by atoms with Crippen LogP contribution in [0.15, 0.2) is 6.07 Å². The number of rotatable bonds is 2. The molecule has 1 aromatic heterocycles. The van der Waals surface area contributed by atoms with Crippen LogP contribution in [0, 0.1) is 15.0 Å². The Labute approximate surface area is 93.1 Å². The molecule has 0 unspecified atom stereocenters. The number of aromatic nitrogens is 1. The normalized spacial score (nSPS) is 10.3. The minimum atomic E-state index is -2.68. The van der Waals surface area contributed by atoms with Gasteiger partial charge in [0.25, 0.3) is 6.43 Å². The van der Waals surface area contributed by atoms with Gasteiger partial charge < -0.3 is 5.73 Å². The number of nitrogens with two attached hydrogens (primary N) is 1. The SMILES string of the molecule is N#Cc1cc(CN)nc(I)c1C(F)F. The van der Waals surface area contributed by atoms with E-state index in [1.807, 2.05) is 0 Å². The second-order valence-corrected chi connectivity index (χ2v) is 3.50. The van der Waals surface area contributed by atoms with Gasteiger partial charge in [0.2, 0.25) is 0 Å². The first-order valence-electron chi connectivity index (χ1n) is 3.67. The zero-order valence-corrected chi connectivity index (χ0v) is 9.12. The van der Waals surface area contributed by atoms with E-state index in [0.717, 1.165) is 0 Å². The average Bonchev–Trinajstić information content (AvgIpc) is 2.15. The number of hydrogen-bond acceptors (Lipinski definition) is 3. The predicted molar refractivity (Wildman–Crippen MR) is 54.5 cm³/mol. The summed E-state index contributed by atoms with van der Waals surface area (Å²) in [7, 11) is 0. The maximum absolute atomic E-state index is 12.5. The Kier molecular flexibility index (Phi) is 3.71. The van der Waals surface area contributed by atoms with E-state index in [0.29, 0.717) is 5.69 Å². The molecule has 0 aromatic carbocycles. The van der Waals surface area contributed by atoms with Crippen LogP contribution in [-0.2, 0) is 6.54 Å². The van der Waals surface area contributed by atoms with E-state index < -0.39 is 6.43 Å². The lowest BCUT2D eigenvalue weighted by atomic mass is 10.1. The fraction of sp³-hybridized carbons (Fsp3) is 0.250. The van der Waals surface area contributed by atoms with Crippen molar-refractivity contribution in [2.24, 2.45) is 5.73 Å². The van der Waals surface area contributed by atoms with Crippen LogP contribution in [0.3, 0.4) is 0 Å². The molecule has 0 fully saturated rings. The smallest absolute Gasteiger partial charge is 0.267 e. The molecule has 3 nitrogen and oxygen atoms in total. The first kappa shape index (κ1) is 11.3. The number of nitrogens with zero attached hydrogens (tertiary/aromatic N) is 2. The van der Waals surface area contributed by atoms with Crippen molar-refractivity contribution < 1.29 is 8.78 Å². The Morgan fingerprint density at radius 3 is 2.71 bits per heavy atom. The Hall–Kier alpha value is -0.810. The molecule has 1 rings (SSSR count). The first-order valence-corrected chi connectivity index (χ1v) is 4.75. The molecule has 14 heavy (non-hydrogen) atoms. The van der Waals surface area contributed by atoms with Gasteiger partial charge in [-0.3, -0.25) is 0 Å². The van der Waals surface area contributed by atoms with Gasteiger partial charge in [-0.1, -0.05) is 0 Å². The molecule has 0 aliphatic carbocycles. The maximum Gasteiger partial charge on any atom is 0.267 e. The number of nitriles is 1. The lowest BCUT2D eigenvalue weighted by Gasteiger charge is -2.06. The summed E-state index contributed by atoms with van der Waals surface area (Å²) in [6, 6.07) is 3.01. The van der Waals surface area contributed by atoms with E-state index in [9.17, 15) is 8.78 Å². The molecule has 1 heterocycles. The molecule has 2 N–H and O–H groups in total.